The molecule has 1 aliphatic heterocycles. The molecule has 5 heteroatoms. The summed E-state index contributed by atoms with van der Waals surface area (Å²) in [6.45, 7) is 7.56. The molecule has 2 N–H and O–H groups in total. The van der Waals surface area contributed by atoms with Crippen LogP contribution in [-0.2, 0) is 6.54 Å². The van der Waals surface area contributed by atoms with Gasteiger partial charge < -0.3 is 5.73 Å². The van der Waals surface area contributed by atoms with E-state index >= 15 is 0 Å². The van der Waals surface area contributed by atoms with Crippen LogP contribution in [0.15, 0.2) is 0 Å². The molecular weight excluding hydrogens is 244 g/mol. The third-order valence-corrected chi connectivity index (χ3v) is 4.94. The van der Waals surface area contributed by atoms with E-state index in [9.17, 15) is 0 Å². The molecular formula is C13H22N4S. The van der Waals surface area contributed by atoms with Crippen LogP contribution in [0.4, 0.5) is 0 Å². The lowest BCUT2D eigenvalue weighted by Crippen LogP contribution is -2.30. The highest BCUT2D eigenvalue weighted by Gasteiger charge is 2.40. The van der Waals surface area contributed by atoms with E-state index in [1.807, 2.05) is 0 Å². The fourth-order valence-electron chi connectivity index (χ4n) is 3.06. The van der Waals surface area contributed by atoms with Gasteiger partial charge in [-0.3, -0.25) is 4.90 Å². The fourth-order valence-corrected chi connectivity index (χ4v) is 3.90. The van der Waals surface area contributed by atoms with Gasteiger partial charge in [0.2, 0.25) is 0 Å². The number of nitrogens with zero attached hydrogens (tertiary/aromatic N) is 3. The van der Waals surface area contributed by atoms with Gasteiger partial charge in [-0.05, 0) is 42.1 Å². The number of likely N-dealkylation sites (tertiary alicyclic amines) is 1. The van der Waals surface area contributed by atoms with Gasteiger partial charge in [0.15, 0.2) is 0 Å². The van der Waals surface area contributed by atoms with E-state index in [2.05, 4.69) is 28.3 Å². The van der Waals surface area contributed by atoms with Crippen molar-refractivity contribution in [3.63, 3.8) is 0 Å². The molecule has 1 saturated carbocycles. The second-order valence-electron chi connectivity index (χ2n) is 6.10. The zero-order valence-corrected chi connectivity index (χ0v) is 12.0. The van der Waals surface area contributed by atoms with E-state index in [1.165, 1.54) is 30.0 Å². The normalized spacial score (nSPS) is 29.3. The Bertz CT molecular complexity index is 413. The van der Waals surface area contributed by atoms with Gasteiger partial charge >= 0.3 is 0 Å². The zero-order valence-electron chi connectivity index (χ0n) is 11.2. The molecule has 1 aliphatic carbocycles. The van der Waals surface area contributed by atoms with E-state index in [4.69, 9.17) is 5.73 Å². The minimum absolute atomic E-state index is 0.376. The molecule has 18 heavy (non-hydrogen) atoms. The summed E-state index contributed by atoms with van der Waals surface area (Å²) in [5, 5.41) is 4.25. The van der Waals surface area contributed by atoms with Crippen molar-refractivity contribution in [1.29, 1.82) is 0 Å². The van der Waals surface area contributed by atoms with Crippen LogP contribution in [0, 0.1) is 11.8 Å². The quantitative estimate of drug-likeness (QED) is 0.903. The van der Waals surface area contributed by atoms with Crippen molar-refractivity contribution in [3.05, 3.63) is 10.6 Å². The molecule has 2 unspecified atom stereocenters. The van der Waals surface area contributed by atoms with E-state index in [0.717, 1.165) is 24.9 Å². The van der Waals surface area contributed by atoms with Crippen LogP contribution < -0.4 is 5.73 Å². The molecule has 1 aromatic rings. The summed E-state index contributed by atoms with van der Waals surface area (Å²) in [4.78, 5) is 3.82. The molecule has 0 aromatic carbocycles. The van der Waals surface area contributed by atoms with Gasteiger partial charge in [0, 0.05) is 25.7 Å². The first-order chi connectivity index (χ1) is 8.65. The lowest BCUT2D eigenvalue weighted by molar-refractivity contribution is 0.311. The molecule has 0 bridgehead atoms. The fraction of sp³-hybridized carbons (Fsp3) is 0.846. The van der Waals surface area contributed by atoms with Gasteiger partial charge in [0.25, 0.3) is 0 Å². The van der Waals surface area contributed by atoms with E-state index in [-0.39, 0.29) is 0 Å². The average molecular weight is 266 g/mol. The largest absolute Gasteiger partial charge is 0.326 e. The molecule has 3 rings (SSSR count). The molecule has 1 saturated heterocycles. The summed E-state index contributed by atoms with van der Waals surface area (Å²) in [6.07, 6.45) is 2.79. The average Bonchev–Trinajstić information content (AvgIpc) is 2.94. The number of aromatic nitrogens is 2. The smallest absolute Gasteiger partial charge is 0.0826 e. The highest BCUT2D eigenvalue weighted by Crippen LogP contribution is 2.41. The monoisotopic (exact) mass is 266 g/mol. The van der Waals surface area contributed by atoms with Crippen LogP contribution in [0.3, 0.4) is 0 Å². The van der Waals surface area contributed by atoms with Gasteiger partial charge in [0.05, 0.1) is 10.6 Å². The van der Waals surface area contributed by atoms with Crippen LogP contribution in [-0.4, -0.2) is 33.6 Å². The van der Waals surface area contributed by atoms with Gasteiger partial charge in [0.1, 0.15) is 0 Å². The maximum absolute atomic E-state index is 6.27. The zero-order chi connectivity index (χ0) is 12.7. The summed E-state index contributed by atoms with van der Waals surface area (Å²) in [5.74, 6) is 2.11. The predicted molar refractivity (Wildman–Crippen MR) is 73.5 cm³/mol. The molecule has 2 atom stereocenters. The van der Waals surface area contributed by atoms with Crippen molar-refractivity contribution >= 4 is 11.5 Å². The minimum atomic E-state index is 0.376. The van der Waals surface area contributed by atoms with Crippen LogP contribution in [0.5, 0.6) is 0 Å². The van der Waals surface area contributed by atoms with Crippen LogP contribution >= 0.6 is 11.5 Å². The molecule has 2 fully saturated rings. The highest BCUT2D eigenvalue weighted by atomic mass is 32.1. The van der Waals surface area contributed by atoms with Gasteiger partial charge in [-0.25, -0.2) is 0 Å². The molecule has 0 spiro atoms. The van der Waals surface area contributed by atoms with Crippen molar-refractivity contribution in [2.24, 2.45) is 17.6 Å². The Morgan fingerprint density at radius 1 is 1.39 bits per heavy atom. The standard InChI is InChI=1S/C13H22N4S/c1-8(2)13-12(18-16-15-13)7-17-5-10(9-3-4-9)11(14)6-17/h8-11H,3-7,14H2,1-2H3. The van der Waals surface area contributed by atoms with Crippen LogP contribution in [0.25, 0.3) is 0 Å². The first-order valence-electron chi connectivity index (χ1n) is 6.94. The number of rotatable bonds is 4. The molecule has 2 aliphatic rings. The Balaban J connectivity index is 1.64. The molecule has 1 aromatic heterocycles. The summed E-state index contributed by atoms with van der Waals surface area (Å²) in [6, 6.07) is 0.376. The van der Waals surface area contributed by atoms with Crippen molar-refractivity contribution in [3.8, 4) is 0 Å². The Kier molecular flexibility index (Phi) is 3.38. The third kappa shape index (κ3) is 2.44. The molecule has 0 radical (unpaired) electrons. The summed E-state index contributed by atoms with van der Waals surface area (Å²) in [7, 11) is 0. The second kappa shape index (κ2) is 4.87. The second-order valence-corrected chi connectivity index (χ2v) is 6.93. The number of hydrogen-bond donors (Lipinski definition) is 1. The highest BCUT2D eigenvalue weighted by molar-refractivity contribution is 7.05. The lowest BCUT2D eigenvalue weighted by atomic mass is 9.99. The van der Waals surface area contributed by atoms with Crippen molar-refractivity contribution in [1.82, 2.24) is 14.5 Å². The van der Waals surface area contributed by atoms with Crippen LogP contribution in [0.2, 0.25) is 0 Å². The maximum Gasteiger partial charge on any atom is 0.0826 e. The van der Waals surface area contributed by atoms with Gasteiger partial charge in [-0.2, -0.15) is 0 Å². The first-order valence-corrected chi connectivity index (χ1v) is 7.71. The van der Waals surface area contributed by atoms with Crippen LogP contribution in [0.1, 0.15) is 43.2 Å². The number of hydrogen-bond acceptors (Lipinski definition) is 5. The Labute approximate surface area is 113 Å². The van der Waals surface area contributed by atoms with E-state index < -0.39 is 0 Å². The molecule has 2 heterocycles. The molecule has 0 amide bonds. The predicted octanol–water partition coefficient (Wildman–Crippen LogP) is 1.83. The topological polar surface area (TPSA) is 55.0 Å². The van der Waals surface area contributed by atoms with Gasteiger partial charge in [-0.15, -0.1) is 5.10 Å². The Morgan fingerprint density at radius 3 is 2.83 bits per heavy atom. The van der Waals surface area contributed by atoms with Crippen molar-refractivity contribution in [2.45, 2.75) is 45.2 Å². The molecule has 100 valence electrons. The third-order valence-electron chi connectivity index (χ3n) is 4.21. The summed E-state index contributed by atoms with van der Waals surface area (Å²) >= 11 is 1.55. The SMILES string of the molecule is CC(C)c1nnsc1CN1CC(N)C(C2CC2)C1. The van der Waals surface area contributed by atoms with Gasteiger partial charge in [-0.1, -0.05) is 18.3 Å². The van der Waals surface area contributed by atoms with Crippen molar-refractivity contribution in [2.75, 3.05) is 13.1 Å². The molecule has 4 nitrogen and oxygen atoms in total. The summed E-state index contributed by atoms with van der Waals surface area (Å²) in [5.41, 5.74) is 7.44. The Morgan fingerprint density at radius 2 is 2.17 bits per heavy atom. The minimum Gasteiger partial charge on any atom is -0.326 e. The Hall–Kier alpha value is -0.520. The van der Waals surface area contributed by atoms with E-state index in [1.54, 1.807) is 11.5 Å². The van der Waals surface area contributed by atoms with Crippen molar-refractivity contribution < 1.29 is 0 Å². The first kappa shape index (κ1) is 12.5. The lowest BCUT2D eigenvalue weighted by Gasteiger charge is -2.15. The van der Waals surface area contributed by atoms with E-state index in [0.29, 0.717) is 12.0 Å². The summed E-state index contributed by atoms with van der Waals surface area (Å²) < 4.78 is 4.10. The number of nitrogens with two attached hydrogens (primary N) is 1. The maximum atomic E-state index is 6.27.